The monoisotopic (exact) mass is 374 g/mol. The second kappa shape index (κ2) is 9.53. The van der Waals surface area contributed by atoms with Crippen molar-refractivity contribution in [3.05, 3.63) is 50.3 Å². The maximum absolute atomic E-state index is 12.0. The van der Waals surface area contributed by atoms with Gasteiger partial charge >= 0.3 is 0 Å². The van der Waals surface area contributed by atoms with E-state index in [2.05, 4.69) is 20.4 Å². The standard InChI is InChI=1S/C20H30N4O3/c1-23(2)12-6-11-21-17-18(20(26)19(17)25)22-13-16(24(3)4)14-7-9-15(27-5)10-8-14/h7-10,16,21-22H,6,11-13H2,1-5H3/t16-/m0/s1. The van der Waals surface area contributed by atoms with Gasteiger partial charge in [0.2, 0.25) is 0 Å². The van der Waals surface area contributed by atoms with Crippen molar-refractivity contribution in [3.63, 3.8) is 0 Å². The van der Waals surface area contributed by atoms with Gasteiger partial charge in [-0.1, -0.05) is 12.1 Å². The molecule has 2 aromatic carbocycles. The van der Waals surface area contributed by atoms with Crippen LogP contribution in [0.25, 0.3) is 0 Å². The average Bonchev–Trinajstić information content (AvgIpc) is 2.65. The summed E-state index contributed by atoms with van der Waals surface area (Å²) in [5, 5.41) is 6.27. The average molecular weight is 374 g/mol. The van der Waals surface area contributed by atoms with E-state index in [4.69, 9.17) is 4.74 Å². The number of rotatable bonds is 11. The topological polar surface area (TPSA) is 73.9 Å². The van der Waals surface area contributed by atoms with Crippen LogP contribution in [0.15, 0.2) is 33.9 Å². The van der Waals surface area contributed by atoms with Crippen molar-refractivity contribution < 1.29 is 4.74 Å². The van der Waals surface area contributed by atoms with Crippen LogP contribution < -0.4 is 26.2 Å². The normalized spacial score (nSPS) is 12.6. The second-order valence-corrected chi connectivity index (χ2v) is 7.13. The van der Waals surface area contributed by atoms with Gasteiger partial charge in [-0.05, 0) is 58.9 Å². The van der Waals surface area contributed by atoms with E-state index in [0.29, 0.717) is 24.5 Å². The lowest BCUT2D eigenvalue weighted by atomic mass is 10.0. The number of anilines is 2. The Morgan fingerprint density at radius 3 is 2.07 bits per heavy atom. The number of methoxy groups -OCH3 is 1. The Morgan fingerprint density at radius 1 is 0.963 bits per heavy atom. The molecule has 0 fully saturated rings. The fraction of sp³-hybridized carbons (Fsp3) is 0.500. The van der Waals surface area contributed by atoms with Crippen molar-refractivity contribution in [2.75, 3.05) is 65.6 Å². The zero-order valence-electron chi connectivity index (χ0n) is 16.8. The highest BCUT2D eigenvalue weighted by atomic mass is 16.5. The highest BCUT2D eigenvalue weighted by Gasteiger charge is 2.22. The summed E-state index contributed by atoms with van der Waals surface area (Å²) in [7, 11) is 9.62. The van der Waals surface area contributed by atoms with Gasteiger partial charge in [0.15, 0.2) is 0 Å². The third kappa shape index (κ3) is 5.30. The van der Waals surface area contributed by atoms with E-state index in [0.717, 1.165) is 24.3 Å². The highest BCUT2D eigenvalue weighted by molar-refractivity contribution is 5.74. The first kappa shape index (κ1) is 20.9. The number of benzene rings is 1. The molecular weight excluding hydrogens is 344 g/mol. The summed E-state index contributed by atoms with van der Waals surface area (Å²) in [6, 6.07) is 7.91. The van der Waals surface area contributed by atoms with Crippen LogP contribution in [0.5, 0.6) is 5.75 Å². The van der Waals surface area contributed by atoms with E-state index in [1.54, 1.807) is 7.11 Å². The summed E-state index contributed by atoms with van der Waals surface area (Å²) in [5.41, 5.74) is 1.02. The lowest BCUT2D eigenvalue weighted by molar-refractivity contribution is 0.311. The lowest BCUT2D eigenvalue weighted by Gasteiger charge is -2.26. The van der Waals surface area contributed by atoms with Gasteiger partial charge in [-0.15, -0.1) is 0 Å². The number of hydrogen-bond acceptors (Lipinski definition) is 7. The molecule has 0 heterocycles. The number of likely N-dealkylation sites (N-methyl/N-ethyl adjacent to an activating group) is 1. The van der Waals surface area contributed by atoms with E-state index < -0.39 is 10.9 Å². The van der Waals surface area contributed by atoms with Crippen LogP contribution in [0, 0.1) is 0 Å². The van der Waals surface area contributed by atoms with Gasteiger partial charge in [0.1, 0.15) is 17.1 Å². The van der Waals surface area contributed by atoms with Gasteiger partial charge < -0.3 is 25.2 Å². The van der Waals surface area contributed by atoms with Crippen molar-refractivity contribution in [3.8, 4) is 5.75 Å². The lowest BCUT2D eigenvalue weighted by Crippen LogP contribution is -2.39. The first-order valence-electron chi connectivity index (χ1n) is 9.11. The van der Waals surface area contributed by atoms with E-state index in [9.17, 15) is 9.59 Å². The van der Waals surface area contributed by atoms with Crippen LogP contribution in [-0.2, 0) is 0 Å². The molecule has 0 aliphatic heterocycles. The maximum atomic E-state index is 12.0. The molecular formula is C20H30N4O3. The second-order valence-electron chi connectivity index (χ2n) is 7.13. The van der Waals surface area contributed by atoms with E-state index in [1.807, 2.05) is 52.5 Å². The van der Waals surface area contributed by atoms with Crippen molar-refractivity contribution >= 4 is 11.4 Å². The molecule has 0 radical (unpaired) electrons. The Labute approximate surface area is 160 Å². The molecule has 2 N–H and O–H groups in total. The van der Waals surface area contributed by atoms with E-state index in [1.165, 1.54) is 0 Å². The molecule has 0 saturated heterocycles. The third-order valence-electron chi connectivity index (χ3n) is 4.59. The van der Waals surface area contributed by atoms with Gasteiger partial charge in [-0.25, -0.2) is 0 Å². The fourth-order valence-corrected chi connectivity index (χ4v) is 2.96. The summed E-state index contributed by atoms with van der Waals surface area (Å²) >= 11 is 0. The smallest absolute Gasteiger partial charge is 0.253 e. The molecule has 1 atom stereocenters. The van der Waals surface area contributed by atoms with Gasteiger partial charge in [0.25, 0.3) is 10.9 Å². The largest absolute Gasteiger partial charge is 0.497 e. The molecule has 7 heteroatoms. The molecule has 0 aliphatic rings. The predicted octanol–water partition coefficient (Wildman–Crippen LogP) is 1.37. The number of nitrogens with zero attached hydrogens (tertiary/aromatic N) is 2. The fourth-order valence-electron chi connectivity index (χ4n) is 2.96. The van der Waals surface area contributed by atoms with Gasteiger partial charge in [0, 0.05) is 13.1 Å². The highest BCUT2D eigenvalue weighted by Crippen LogP contribution is 2.23. The summed E-state index contributed by atoms with van der Waals surface area (Å²) in [4.78, 5) is 28.0. The SMILES string of the molecule is COc1ccc([C@H](CNc2c(NCCCN(C)C)c(=O)c2=O)N(C)C)cc1. The Hall–Kier alpha value is -2.38. The summed E-state index contributed by atoms with van der Waals surface area (Å²) < 4.78 is 5.21. The van der Waals surface area contributed by atoms with Crippen molar-refractivity contribution in [2.24, 2.45) is 0 Å². The van der Waals surface area contributed by atoms with Crippen molar-refractivity contribution in [1.82, 2.24) is 9.80 Å². The molecule has 0 aliphatic carbocycles. The molecule has 0 spiro atoms. The molecule has 0 amide bonds. The number of ether oxygens (including phenoxy) is 1. The zero-order chi connectivity index (χ0) is 20.0. The van der Waals surface area contributed by atoms with Crippen molar-refractivity contribution in [1.29, 1.82) is 0 Å². The molecule has 0 saturated carbocycles. The minimum Gasteiger partial charge on any atom is -0.497 e. The Balaban J connectivity index is 2.01. The molecule has 0 bridgehead atoms. The number of nitrogens with one attached hydrogen (secondary N) is 2. The summed E-state index contributed by atoms with van der Waals surface area (Å²) in [5.74, 6) is 0.802. The van der Waals surface area contributed by atoms with E-state index in [-0.39, 0.29) is 6.04 Å². The number of hydrogen-bond donors (Lipinski definition) is 2. The Kier molecular flexibility index (Phi) is 7.38. The van der Waals surface area contributed by atoms with Gasteiger partial charge in [-0.3, -0.25) is 9.59 Å². The van der Waals surface area contributed by atoms with Crippen LogP contribution in [0.2, 0.25) is 0 Å². The summed E-state index contributed by atoms with van der Waals surface area (Å²) in [6.45, 7) is 2.11. The van der Waals surface area contributed by atoms with Crippen LogP contribution in [-0.4, -0.2) is 64.7 Å². The van der Waals surface area contributed by atoms with Crippen LogP contribution in [0.4, 0.5) is 11.4 Å². The molecule has 27 heavy (non-hydrogen) atoms. The molecule has 2 aromatic rings. The molecule has 148 valence electrons. The first-order chi connectivity index (χ1) is 12.8. The van der Waals surface area contributed by atoms with Crippen LogP contribution in [0.1, 0.15) is 18.0 Å². The third-order valence-corrected chi connectivity index (χ3v) is 4.59. The van der Waals surface area contributed by atoms with Crippen molar-refractivity contribution in [2.45, 2.75) is 12.5 Å². The predicted molar refractivity (Wildman–Crippen MR) is 111 cm³/mol. The Morgan fingerprint density at radius 2 is 1.56 bits per heavy atom. The molecule has 0 unspecified atom stereocenters. The molecule has 7 nitrogen and oxygen atoms in total. The minimum absolute atomic E-state index is 0.0573. The molecule has 2 rings (SSSR count). The summed E-state index contributed by atoms with van der Waals surface area (Å²) in [6.07, 6.45) is 0.900. The van der Waals surface area contributed by atoms with E-state index >= 15 is 0 Å². The minimum atomic E-state index is -0.447. The van der Waals surface area contributed by atoms with Crippen LogP contribution >= 0.6 is 0 Å². The first-order valence-corrected chi connectivity index (χ1v) is 9.11. The zero-order valence-corrected chi connectivity index (χ0v) is 16.8. The maximum Gasteiger partial charge on any atom is 0.253 e. The van der Waals surface area contributed by atoms with Gasteiger partial charge in [-0.2, -0.15) is 0 Å². The Bertz CT molecular complexity index is 793. The van der Waals surface area contributed by atoms with Crippen LogP contribution in [0.3, 0.4) is 0 Å². The molecule has 0 aromatic heterocycles. The van der Waals surface area contributed by atoms with Gasteiger partial charge in [0.05, 0.1) is 13.2 Å². The quantitative estimate of drug-likeness (QED) is 0.454.